The van der Waals surface area contributed by atoms with Gasteiger partial charge in [0.1, 0.15) is 4.83 Å². The maximum atomic E-state index is 11.5. The van der Waals surface area contributed by atoms with Crippen LogP contribution in [0.2, 0.25) is 0 Å². The largest absolute Gasteiger partial charge is 0.465 e. The number of alkyl halides is 2. The Balaban J connectivity index is 2.80. The molecule has 5 nitrogen and oxygen atoms in total. The van der Waals surface area contributed by atoms with Gasteiger partial charge in [-0.25, -0.2) is 0 Å². The maximum absolute atomic E-state index is 11.5. The zero-order valence-electron chi connectivity index (χ0n) is 9.51. The van der Waals surface area contributed by atoms with E-state index in [9.17, 15) is 14.9 Å². The molecule has 0 bridgehead atoms. The van der Waals surface area contributed by atoms with Crippen LogP contribution in [0.3, 0.4) is 0 Å². The molecule has 2 unspecified atom stereocenters. The van der Waals surface area contributed by atoms with E-state index in [4.69, 9.17) is 4.74 Å². The van der Waals surface area contributed by atoms with E-state index in [-0.39, 0.29) is 16.5 Å². The lowest BCUT2D eigenvalue weighted by Crippen LogP contribution is -2.21. The summed E-state index contributed by atoms with van der Waals surface area (Å²) in [5.74, 6) is -0.377. The number of nitrogens with zero attached hydrogens (tertiary/aromatic N) is 1. The third-order valence-electron chi connectivity index (χ3n) is 2.19. The van der Waals surface area contributed by atoms with Gasteiger partial charge in [-0.2, -0.15) is 0 Å². The first-order valence-corrected chi connectivity index (χ1v) is 6.99. The van der Waals surface area contributed by atoms with Gasteiger partial charge in [0, 0.05) is 12.1 Å². The normalized spacial score (nSPS) is 13.7. The second kappa shape index (κ2) is 6.84. The van der Waals surface area contributed by atoms with Gasteiger partial charge in [-0.15, -0.1) is 0 Å². The van der Waals surface area contributed by atoms with Gasteiger partial charge in [0.2, 0.25) is 0 Å². The molecule has 0 heterocycles. The van der Waals surface area contributed by atoms with Gasteiger partial charge in [0.25, 0.3) is 5.69 Å². The summed E-state index contributed by atoms with van der Waals surface area (Å²) in [6.45, 7) is 2.04. The van der Waals surface area contributed by atoms with E-state index in [2.05, 4.69) is 31.9 Å². The van der Waals surface area contributed by atoms with Crippen molar-refractivity contribution in [3.8, 4) is 0 Å². The van der Waals surface area contributed by atoms with E-state index in [0.29, 0.717) is 6.61 Å². The van der Waals surface area contributed by atoms with Crippen LogP contribution >= 0.6 is 31.9 Å². The van der Waals surface area contributed by atoms with Crippen molar-refractivity contribution in [3.63, 3.8) is 0 Å². The van der Waals surface area contributed by atoms with Crippen molar-refractivity contribution in [2.75, 3.05) is 6.61 Å². The fourth-order valence-electron chi connectivity index (χ4n) is 1.29. The number of rotatable bonds is 5. The SMILES string of the molecule is CCOC(=O)C(Br)C(Br)c1ccc([N+](=O)[O-])cc1. The second-order valence-corrected chi connectivity index (χ2v) is 5.38. The molecular weight excluding hydrogens is 370 g/mol. The van der Waals surface area contributed by atoms with Crippen molar-refractivity contribution >= 4 is 43.5 Å². The number of ether oxygens (including phenoxy) is 1. The van der Waals surface area contributed by atoms with Crippen LogP contribution in [0.1, 0.15) is 17.3 Å². The first-order valence-electron chi connectivity index (χ1n) is 5.16. The number of esters is 1. The maximum Gasteiger partial charge on any atom is 0.321 e. The van der Waals surface area contributed by atoms with Gasteiger partial charge in [0.05, 0.1) is 16.4 Å². The van der Waals surface area contributed by atoms with Crippen LogP contribution in [0.4, 0.5) is 5.69 Å². The van der Waals surface area contributed by atoms with E-state index >= 15 is 0 Å². The summed E-state index contributed by atoms with van der Waals surface area (Å²) < 4.78 is 4.88. The molecule has 0 N–H and O–H groups in total. The van der Waals surface area contributed by atoms with Crippen molar-refractivity contribution in [2.45, 2.75) is 16.6 Å². The third kappa shape index (κ3) is 3.78. The molecule has 0 aromatic heterocycles. The van der Waals surface area contributed by atoms with Crippen LogP contribution in [0, 0.1) is 10.1 Å². The summed E-state index contributed by atoms with van der Waals surface area (Å²) in [6, 6.07) is 6.00. The van der Waals surface area contributed by atoms with Gasteiger partial charge in [-0.1, -0.05) is 44.0 Å². The average Bonchev–Trinajstić information content (AvgIpc) is 2.37. The summed E-state index contributed by atoms with van der Waals surface area (Å²) in [5, 5.41) is 10.5. The molecule has 1 aromatic rings. The Hall–Kier alpha value is -0.950. The van der Waals surface area contributed by atoms with Crippen LogP contribution in [-0.2, 0) is 9.53 Å². The second-order valence-electron chi connectivity index (χ2n) is 3.40. The minimum Gasteiger partial charge on any atom is -0.465 e. The molecule has 0 amide bonds. The molecule has 1 aromatic carbocycles. The predicted octanol–water partition coefficient (Wildman–Crippen LogP) is 3.36. The minimum atomic E-state index is -0.543. The van der Waals surface area contributed by atoms with Crippen LogP contribution in [0.25, 0.3) is 0 Å². The zero-order chi connectivity index (χ0) is 13.7. The number of halogens is 2. The molecule has 0 aliphatic rings. The molecule has 0 radical (unpaired) electrons. The molecule has 18 heavy (non-hydrogen) atoms. The summed E-state index contributed by atoms with van der Waals surface area (Å²) in [5.41, 5.74) is 0.774. The molecule has 0 saturated carbocycles. The lowest BCUT2D eigenvalue weighted by Gasteiger charge is -2.15. The Morgan fingerprint density at radius 2 is 1.94 bits per heavy atom. The first kappa shape index (κ1) is 15.1. The Bertz CT molecular complexity index is 435. The van der Waals surface area contributed by atoms with Crippen LogP contribution in [0.15, 0.2) is 24.3 Å². The van der Waals surface area contributed by atoms with Crippen molar-refractivity contribution in [3.05, 3.63) is 39.9 Å². The number of non-ortho nitro benzene ring substituents is 1. The van der Waals surface area contributed by atoms with Crippen LogP contribution in [-0.4, -0.2) is 22.3 Å². The Kier molecular flexibility index (Phi) is 5.74. The van der Waals surface area contributed by atoms with E-state index in [1.165, 1.54) is 12.1 Å². The molecule has 0 fully saturated rings. The number of benzene rings is 1. The fraction of sp³-hybridized carbons (Fsp3) is 0.364. The number of nitro benzene ring substituents is 1. The molecule has 0 spiro atoms. The number of carbonyl (C=O) groups is 1. The van der Waals surface area contributed by atoms with Gasteiger partial charge in [-0.3, -0.25) is 14.9 Å². The number of nitro groups is 1. The van der Waals surface area contributed by atoms with Crippen LogP contribution in [0.5, 0.6) is 0 Å². The van der Waals surface area contributed by atoms with Crippen molar-refractivity contribution in [1.82, 2.24) is 0 Å². The Morgan fingerprint density at radius 3 is 2.39 bits per heavy atom. The van der Waals surface area contributed by atoms with Crippen molar-refractivity contribution in [2.24, 2.45) is 0 Å². The molecule has 2 atom stereocenters. The zero-order valence-corrected chi connectivity index (χ0v) is 12.7. The quantitative estimate of drug-likeness (QED) is 0.340. The topological polar surface area (TPSA) is 69.4 Å². The van der Waals surface area contributed by atoms with Crippen molar-refractivity contribution in [1.29, 1.82) is 0 Å². The highest BCUT2D eigenvalue weighted by molar-refractivity contribution is 9.12. The van der Waals surface area contributed by atoms with Gasteiger partial charge in [0.15, 0.2) is 0 Å². The summed E-state index contributed by atoms with van der Waals surface area (Å²) >= 11 is 6.60. The van der Waals surface area contributed by atoms with Crippen LogP contribution < -0.4 is 0 Å². The molecule has 1 rings (SSSR count). The highest BCUT2D eigenvalue weighted by atomic mass is 79.9. The van der Waals surface area contributed by atoms with E-state index in [1.54, 1.807) is 19.1 Å². The first-order chi connectivity index (χ1) is 8.47. The highest BCUT2D eigenvalue weighted by Gasteiger charge is 2.26. The molecule has 98 valence electrons. The molecule has 7 heteroatoms. The standard InChI is InChI=1S/C11H11Br2NO4/c1-2-18-11(15)10(13)9(12)7-3-5-8(6-4-7)14(16)17/h3-6,9-10H,2H2,1H3. The molecule has 0 saturated heterocycles. The molecular formula is C11H11Br2NO4. The van der Waals surface area contributed by atoms with E-state index in [1.807, 2.05) is 0 Å². The highest BCUT2D eigenvalue weighted by Crippen LogP contribution is 2.32. The van der Waals surface area contributed by atoms with E-state index < -0.39 is 9.75 Å². The summed E-state index contributed by atoms with van der Waals surface area (Å²) in [7, 11) is 0. The number of hydrogen-bond donors (Lipinski definition) is 0. The smallest absolute Gasteiger partial charge is 0.321 e. The lowest BCUT2D eigenvalue weighted by molar-refractivity contribution is -0.384. The average molecular weight is 381 g/mol. The fourth-order valence-corrected chi connectivity index (χ4v) is 2.25. The minimum absolute atomic E-state index is 0.0145. The predicted molar refractivity (Wildman–Crippen MR) is 74.1 cm³/mol. The Morgan fingerprint density at radius 1 is 1.39 bits per heavy atom. The Labute approximate surface area is 121 Å². The van der Waals surface area contributed by atoms with Gasteiger partial charge in [-0.05, 0) is 12.5 Å². The molecule has 0 aliphatic carbocycles. The molecule has 0 aliphatic heterocycles. The summed E-state index contributed by atoms with van der Waals surface area (Å²) in [4.78, 5) is 20.7. The summed E-state index contributed by atoms with van der Waals surface area (Å²) in [6.07, 6.45) is 0. The van der Waals surface area contributed by atoms with Gasteiger partial charge < -0.3 is 4.74 Å². The lowest BCUT2D eigenvalue weighted by atomic mass is 10.1. The number of hydrogen-bond acceptors (Lipinski definition) is 4. The number of carbonyl (C=O) groups excluding carboxylic acids is 1. The van der Waals surface area contributed by atoms with E-state index in [0.717, 1.165) is 5.56 Å². The monoisotopic (exact) mass is 379 g/mol. The van der Waals surface area contributed by atoms with Gasteiger partial charge >= 0.3 is 5.97 Å². The van der Waals surface area contributed by atoms with Crippen molar-refractivity contribution < 1.29 is 14.5 Å². The third-order valence-corrected chi connectivity index (χ3v) is 4.86.